The Morgan fingerprint density at radius 1 is 1.70 bits per heavy atom. The standard InChI is InChI=1S/C5H9NO3.ClH/c6-1-5(7)9-4-2-8-3-4;/h4H,1-3,6H2;1H. The van der Waals surface area contributed by atoms with E-state index in [0.29, 0.717) is 13.2 Å². The number of nitrogens with two attached hydrogens (primary N) is 1. The van der Waals surface area contributed by atoms with E-state index in [9.17, 15) is 4.79 Å². The highest BCUT2D eigenvalue weighted by Gasteiger charge is 2.21. The topological polar surface area (TPSA) is 61.6 Å². The van der Waals surface area contributed by atoms with Crippen LogP contribution in [0, 0.1) is 0 Å². The summed E-state index contributed by atoms with van der Waals surface area (Å²) in [5, 5.41) is 0. The highest BCUT2D eigenvalue weighted by molar-refractivity contribution is 5.85. The van der Waals surface area contributed by atoms with Crippen molar-refractivity contribution >= 4 is 18.4 Å². The second-order valence-corrected chi connectivity index (χ2v) is 1.85. The molecule has 0 amide bonds. The van der Waals surface area contributed by atoms with Gasteiger partial charge < -0.3 is 15.2 Å². The average molecular weight is 168 g/mol. The Bertz CT molecular complexity index is 115. The van der Waals surface area contributed by atoms with Gasteiger partial charge in [-0.3, -0.25) is 4.79 Å². The Morgan fingerprint density at radius 3 is 2.60 bits per heavy atom. The van der Waals surface area contributed by atoms with E-state index in [4.69, 9.17) is 15.2 Å². The van der Waals surface area contributed by atoms with E-state index in [0.717, 1.165) is 0 Å². The first-order valence-electron chi connectivity index (χ1n) is 2.80. The van der Waals surface area contributed by atoms with Crippen molar-refractivity contribution in [1.82, 2.24) is 0 Å². The lowest BCUT2D eigenvalue weighted by molar-refractivity contribution is -0.170. The minimum absolute atomic E-state index is 0. The predicted molar refractivity (Wildman–Crippen MR) is 37.0 cm³/mol. The molecule has 0 atom stereocenters. The molecule has 4 nitrogen and oxygen atoms in total. The maximum absolute atomic E-state index is 10.4. The number of ether oxygens (including phenoxy) is 2. The van der Waals surface area contributed by atoms with E-state index < -0.39 is 0 Å². The van der Waals surface area contributed by atoms with Crippen LogP contribution in [0.4, 0.5) is 0 Å². The lowest BCUT2D eigenvalue weighted by Gasteiger charge is -2.25. The third-order valence-corrected chi connectivity index (χ3v) is 1.07. The molecule has 0 bridgehead atoms. The third kappa shape index (κ3) is 2.51. The zero-order chi connectivity index (χ0) is 6.69. The molecule has 5 heteroatoms. The molecule has 10 heavy (non-hydrogen) atoms. The highest BCUT2D eigenvalue weighted by atomic mass is 35.5. The van der Waals surface area contributed by atoms with Crippen LogP contribution in [-0.4, -0.2) is 31.8 Å². The summed E-state index contributed by atoms with van der Waals surface area (Å²) in [4.78, 5) is 10.4. The van der Waals surface area contributed by atoms with Gasteiger partial charge in [0, 0.05) is 0 Å². The molecule has 0 aromatic carbocycles. The molecule has 0 aliphatic carbocycles. The van der Waals surface area contributed by atoms with E-state index >= 15 is 0 Å². The highest BCUT2D eigenvalue weighted by Crippen LogP contribution is 2.04. The van der Waals surface area contributed by atoms with Crippen LogP contribution in [0.3, 0.4) is 0 Å². The summed E-state index contributed by atoms with van der Waals surface area (Å²) in [7, 11) is 0. The molecule has 0 unspecified atom stereocenters. The normalized spacial score (nSPS) is 16.9. The number of esters is 1. The van der Waals surface area contributed by atoms with Crippen LogP contribution in [0.5, 0.6) is 0 Å². The summed E-state index contributed by atoms with van der Waals surface area (Å²) >= 11 is 0. The molecular weight excluding hydrogens is 158 g/mol. The van der Waals surface area contributed by atoms with Crippen LogP contribution in [0.25, 0.3) is 0 Å². The first-order chi connectivity index (χ1) is 4.33. The van der Waals surface area contributed by atoms with Crippen molar-refractivity contribution in [3.63, 3.8) is 0 Å². The van der Waals surface area contributed by atoms with Gasteiger partial charge in [-0.1, -0.05) is 0 Å². The van der Waals surface area contributed by atoms with Crippen molar-refractivity contribution in [3.05, 3.63) is 0 Å². The Balaban J connectivity index is 0.000000810. The second kappa shape index (κ2) is 4.49. The number of hydrogen-bond donors (Lipinski definition) is 1. The van der Waals surface area contributed by atoms with Gasteiger partial charge >= 0.3 is 5.97 Å². The van der Waals surface area contributed by atoms with E-state index in [1.807, 2.05) is 0 Å². The zero-order valence-electron chi connectivity index (χ0n) is 5.41. The first-order valence-corrected chi connectivity index (χ1v) is 2.80. The number of rotatable bonds is 2. The minimum atomic E-state index is -0.358. The van der Waals surface area contributed by atoms with E-state index in [-0.39, 0.29) is 31.0 Å². The van der Waals surface area contributed by atoms with Gasteiger partial charge in [-0.05, 0) is 0 Å². The molecular formula is C5H10ClNO3. The summed E-state index contributed by atoms with van der Waals surface area (Å²) in [6, 6.07) is 0. The minimum Gasteiger partial charge on any atom is -0.456 e. The SMILES string of the molecule is Cl.NCC(=O)OC1COC1. The number of halogens is 1. The quantitative estimate of drug-likeness (QED) is 0.553. The Hall–Kier alpha value is -0.320. The fraction of sp³-hybridized carbons (Fsp3) is 0.800. The summed E-state index contributed by atoms with van der Waals surface area (Å²) in [5.41, 5.74) is 4.98. The van der Waals surface area contributed by atoms with Crippen LogP contribution < -0.4 is 5.73 Å². The predicted octanol–water partition coefficient (Wildman–Crippen LogP) is -0.691. The van der Waals surface area contributed by atoms with Gasteiger partial charge in [-0.15, -0.1) is 12.4 Å². The van der Waals surface area contributed by atoms with Crippen molar-refractivity contribution in [3.8, 4) is 0 Å². The van der Waals surface area contributed by atoms with Gasteiger partial charge in [0.2, 0.25) is 0 Å². The summed E-state index contributed by atoms with van der Waals surface area (Å²) < 4.78 is 9.51. The van der Waals surface area contributed by atoms with Crippen LogP contribution in [0.1, 0.15) is 0 Å². The van der Waals surface area contributed by atoms with E-state index in [1.54, 1.807) is 0 Å². The second-order valence-electron chi connectivity index (χ2n) is 1.85. The van der Waals surface area contributed by atoms with Gasteiger partial charge in [0.1, 0.15) is 6.10 Å². The van der Waals surface area contributed by atoms with Crippen molar-refractivity contribution in [2.75, 3.05) is 19.8 Å². The molecule has 0 radical (unpaired) electrons. The van der Waals surface area contributed by atoms with E-state index in [1.165, 1.54) is 0 Å². The molecule has 1 saturated heterocycles. The molecule has 60 valence electrons. The molecule has 0 aromatic heterocycles. The Morgan fingerprint density at radius 2 is 2.30 bits per heavy atom. The third-order valence-electron chi connectivity index (χ3n) is 1.07. The maximum atomic E-state index is 10.4. The van der Waals surface area contributed by atoms with Crippen molar-refractivity contribution < 1.29 is 14.3 Å². The van der Waals surface area contributed by atoms with Crippen molar-refractivity contribution in [1.29, 1.82) is 0 Å². The lowest BCUT2D eigenvalue weighted by atomic mass is 10.3. The lowest BCUT2D eigenvalue weighted by Crippen LogP contribution is -2.39. The molecule has 1 aliphatic rings. The van der Waals surface area contributed by atoms with Gasteiger partial charge in [0.15, 0.2) is 0 Å². The molecule has 1 heterocycles. The van der Waals surface area contributed by atoms with Gasteiger partial charge in [-0.2, -0.15) is 0 Å². The van der Waals surface area contributed by atoms with E-state index in [2.05, 4.69) is 0 Å². The molecule has 1 aliphatic heterocycles. The number of carbonyl (C=O) groups excluding carboxylic acids is 1. The van der Waals surface area contributed by atoms with Crippen LogP contribution in [0.2, 0.25) is 0 Å². The molecule has 0 saturated carbocycles. The Kier molecular flexibility index (Phi) is 4.34. The van der Waals surface area contributed by atoms with Crippen LogP contribution in [0.15, 0.2) is 0 Å². The fourth-order valence-electron chi connectivity index (χ4n) is 0.516. The van der Waals surface area contributed by atoms with Crippen LogP contribution >= 0.6 is 12.4 Å². The fourth-order valence-corrected chi connectivity index (χ4v) is 0.516. The van der Waals surface area contributed by atoms with Crippen molar-refractivity contribution in [2.24, 2.45) is 5.73 Å². The zero-order valence-corrected chi connectivity index (χ0v) is 6.23. The smallest absolute Gasteiger partial charge is 0.320 e. The number of carbonyl (C=O) groups is 1. The molecule has 2 N–H and O–H groups in total. The Labute approximate surface area is 65.1 Å². The van der Waals surface area contributed by atoms with Gasteiger partial charge in [0.25, 0.3) is 0 Å². The monoisotopic (exact) mass is 167 g/mol. The van der Waals surface area contributed by atoms with Gasteiger partial charge in [0.05, 0.1) is 19.8 Å². The maximum Gasteiger partial charge on any atom is 0.320 e. The molecule has 0 spiro atoms. The number of hydrogen-bond acceptors (Lipinski definition) is 4. The summed E-state index contributed by atoms with van der Waals surface area (Å²) in [6.45, 7) is 0.994. The molecule has 1 fully saturated rings. The molecule has 1 rings (SSSR count). The summed E-state index contributed by atoms with van der Waals surface area (Å²) in [5.74, 6) is -0.358. The average Bonchev–Trinajstić information content (AvgIpc) is 1.78. The van der Waals surface area contributed by atoms with Gasteiger partial charge in [-0.25, -0.2) is 0 Å². The largest absolute Gasteiger partial charge is 0.456 e. The summed E-state index contributed by atoms with van der Waals surface area (Å²) in [6.07, 6.45) is -0.0407. The first kappa shape index (κ1) is 9.68. The van der Waals surface area contributed by atoms with Crippen LogP contribution in [-0.2, 0) is 14.3 Å². The molecule has 0 aromatic rings. The van der Waals surface area contributed by atoms with Crippen molar-refractivity contribution in [2.45, 2.75) is 6.10 Å².